The van der Waals surface area contributed by atoms with E-state index in [0.29, 0.717) is 12.1 Å². The van der Waals surface area contributed by atoms with Crippen LogP contribution in [0.3, 0.4) is 0 Å². The lowest BCUT2D eigenvalue weighted by Crippen LogP contribution is -2.45. The first-order chi connectivity index (χ1) is 8.63. The molecule has 1 aromatic carbocycles. The quantitative estimate of drug-likeness (QED) is 0.860. The molecule has 0 amide bonds. The molecule has 1 aliphatic heterocycles. The Labute approximate surface area is 108 Å². The average Bonchev–Trinajstić information content (AvgIpc) is 2.36. The Morgan fingerprint density at radius 3 is 2.61 bits per heavy atom. The summed E-state index contributed by atoms with van der Waals surface area (Å²) in [5, 5.41) is 9.25. The van der Waals surface area contributed by atoms with Crippen LogP contribution < -0.4 is 10.6 Å². The molecular weight excluding hydrogens is 226 g/mol. The second kappa shape index (κ2) is 5.38. The number of hydrogen-bond donors (Lipinski definition) is 1. The summed E-state index contributed by atoms with van der Waals surface area (Å²) in [5.41, 5.74) is 8.27. The molecular formula is C14H19N3O. The van der Waals surface area contributed by atoms with E-state index in [-0.39, 0.29) is 12.2 Å². The Balaban J connectivity index is 2.30. The zero-order chi connectivity index (χ0) is 13.1. The zero-order valence-electron chi connectivity index (χ0n) is 10.9. The van der Waals surface area contributed by atoms with Crippen molar-refractivity contribution < 1.29 is 4.74 Å². The SMILES string of the molecule is CC1CN(c2ccc(CN)cc2C#N)CC(C)O1. The fourth-order valence-electron chi connectivity index (χ4n) is 2.45. The number of hydrogen-bond acceptors (Lipinski definition) is 4. The summed E-state index contributed by atoms with van der Waals surface area (Å²) in [5.74, 6) is 0. The molecule has 1 aromatic rings. The Bertz CT molecular complexity index is 457. The van der Waals surface area contributed by atoms with Gasteiger partial charge in [-0.3, -0.25) is 0 Å². The second-order valence-corrected chi connectivity index (χ2v) is 4.83. The Morgan fingerprint density at radius 2 is 2.06 bits per heavy atom. The number of morpholine rings is 1. The van der Waals surface area contributed by atoms with E-state index in [1.54, 1.807) is 0 Å². The van der Waals surface area contributed by atoms with Gasteiger partial charge in [-0.25, -0.2) is 0 Å². The summed E-state index contributed by atoms with van der Waals surface area (Å²) in [6, 6.07) is 8.11. The minimum absolute atomic E-state index is 0.189. The minimum atomic E-state index is 0.189. The van der Waals surface area contributed by atoms with Crippen LogP contribution in [0.1, 0.15) is 25.0 Å². The standard InChI is InChI=1S/C14H19N3O/c1-10-8-17(9-11(2)18-10)14-4-3-12(6-15)5-13(14)7-16/h3-5,10-11H,6,8-9,15H2,1-2H3. The van der Waals surface area contributed by atoms with Gasteiger partial charge in [0, 0.05) is 19.6 Å². The monoisotopic (exact) mass is 245 g/mol. The highest BCUT2D eigenvalue weighted by Gasteiger charge is 2.23. The normalized spacial score (nSPS) is 23.8. The van der Waals surface area contributed by atoms with Gasteiger partial charge in [-0.05, 0) is 31.5 Å². The molecule has 4 nitrogen and oxygen atoms in total. The van der Waals surface area contributed by atoms with Crippen molar-refractivity contribution in [3.63, 3.8) is 0 Å². The van der Waals surface area contributed by atoms with Gasteiger partial charge in [-0.1, -0.05) is 6.07 Å². The summed E-state index contributed by atoms with van der Waals surface area (Å²) < 4.78 is 5.71. The van der Waals surface area contributed by atoms with Gasteiger partial charge in [0.1, 0.15) is 6.07 Å². The third kappa shape index (κ3) is 2.63. The lowest BCUT2D eigenvalue weighted by atomic mass is 10.1. The van der Waals surface area contributed by atoms with Crippen LogP contribution in [0, 0.1) is 11.3 Å². The van der Waals surface area contributed by atoms with Crippen molar-refractivity contribution in [2.24, 2.45) is 5.73 Å². The Kier molecular flexibility index (Phi) is 3.85. The third-order valence-corrected chi connectivity index (χ3v) is 3.18. The number of nitriles is 1. The number of nitrogens with zero attached hydrogens (tertiary/aromatic N) is 2. The molecule has 1 aliphatic rings. The van der Waals surface area contributed by atoms with Gasteiger partial charge in [-0.2, -0.15) is 5.26 Å². The molecule has 0 aromatic heterocycles. The van der Waals surface area contributed by atoms with Crippen molar-refractivity contribution in [3.8, 4) is 6.07 Å². The molecule has 2 atom stereocenters. The molecule has 0 radical (unpaired) electrons. The predicted octanol–water partition coefficient (Wildman–Crippen LogP) is 1.63. The highest BCUT2D eigenvalue weighted by molar-refractivity contribution is 5.60. The molecule has 0 aliphatic carbocycles. The van der Waals surface area contributed by atoms with Gasteiger partial charge < -0.3 is 15.4 Å². The lowest BCUT2D eigenvalue weighted by molar-refractivity contribution is -0.00522. The fraction of sp³-hybridized carbons (Fsp3) is 0.500. The fourth-order valence-corrected chi connectivity index (χ4v) is 2.45. The summed E-state index contributed by atoms with van der Waals surface area (Å²) in [6.07, 6.45) is 0.379. The Hall–Kier alpha value is -1.57. The van der Waals surface area contributed by atoms with E-state index >= 15 is 0 Å². The summed E-state index contributed by atoms with van der Waals surface area (Å²) in [7, 11) is 0. The maximum absolute atomic E-state index is 9.25. The topological polar surface area (TPSA) is 62.3 Å². The molecule has 2 N–H and O–H groups in total. The summed E-state index contributed by atoms with van der Waals surface area (Å²) in [6.45, 7) is 6.22. The molecule has 0 spiro atoms. The highest BCUT2D eigenvalue weighted by Crippen LogP contribution is 2.25. The zero-order valence-corrected chi connectivity index (χ0v) is 10.9. The molecule has 4 heteroatoms. The largest absolute Gasteiger partial charge is 0.372 e. The van der Waals surface area contributed by atoms with Crippen LogP contribution in [0.4, 0.5) is 5.69 Å². The van der Waals surface area contributed by atoms with Gasteiger partial charge >= 0.3 is 0 Å². The molecule has 18 heavy (non-hydrogen) atoms. The van der Waals surface area contributed by atoms with E-state index in [2.05, 4.69) is 24.8 Å². The van der Waals surface area contributed by atoms with Crippen LogP contribution in [0.2, 0.25) is 0 Å². The van der Waals surface area contributed by atoms with E-state index in [4.69, 9.17) is 10.5 Å². The first kappa shape index (κ1) is 12.9. The van der Waals surface area contributed by atoms with Gasteiger partial charge in [0.25, 0.3) is 0 Å². The van der Waals surface area contributed by atoms with Crippen molar-refractivity contribution in [3.05, 3.63) is 29.3 Å². The van der Waals surface area contributed by atoms with Crippen LogP contribution in [0.5, 0.6) is 0 Å². The number of rotatable bonds is 2. The number of ether oxygens (including phenoxy) is 1. The molecule has 0 saturated carbocycles. The second-order valence-electron chi connectivity index (χ2n) is 4.83. The van der Waals surface area contributed by atoms with Gasteiger partial charge in [0.2, 0.25) is 0 Å². The van der Waals surface area contributed by atoms with E-state index in [1.165, 1.54) is 0 Å². The van der Waals surface area contributed by atoms with Crippen LogP contribution in [0.15, 0.2) is 18.2 Å². The number of nitrogens with two attached hydrogens (primary N) is 1. The third-order valence-electron chi connectivity index (χ3n) is 3.18. The smallest absolute Gasteiger partial charge is 0.101 e. The number of benzene rings is 1. The maximum Gasteiger partial charge on any atom is 0.101 e. The van der Waals surface area contributed by atoms with E-state index < -0.39 is 0 Å². The molecule has 1 fully saturated rings. The molecule has 0 bridgehead atoms. The van der Waals surface area contributed by atoms with Crippen molar-refractivity contribution in [1.29, 1.82) is 5.26 Å². The van der Waals surface area contributed by atoms with Crippen LogP contribution in [-0.2, 0) is 11.3 Å². The first-order valence-corrected chi connectivity index (χ1v) is 6.27. The lowest BCUT2D eigenvalue weighted by Gasteiger charge is -2.37. The van der Waals surface area contributed by atoms with Crippen LogP contribution in [0.25, 0.3) is 0 Å². The minimum Gasteiger partial charge on any atom is -0.372 e. The summed E-state index contributed by atoms with van der Waals surface area (Å²) >= 11 is 0. The van der Waals surface area contributed by atoms with E-state index in [1.807, 2.05) is 18.2 Å². The summed E-state index contributed by atoms with van der Waals surface area (Å²) in [4.78, 5) is 2.22. The van der Waals surface area contributed by atoms with E-state index in [9.17, 15) is 5.26 Å². The molecule has 2 rings (SSSR count). The van der Waals surface area contributed by atoms with Crippen LogP contribution >= 0.6 is 0 Å². The van der Waals surface area contributed by atoms with Gasteiger partial charge in [0.15, 0.2) is 0 Å². The number of anilines is 1. The van der Waals surface area contributed by atoms with Gasteiger partial charge in [0.05, 0.1) is 23.5 Å². The molecule has 2 unspecified atom stereocenters. The molecule has 1 saturated heterocycles. The van der Waals surface area contributed by atoms with Crippen molar-refractivity contribution in [2.45, 2.75) is 32.6 Å². The van der Waals surface area contributed by atoms with Crippen molar-refractivity contribution in [2.75, 3.05) is 18.0 Å². The predicted molar refractivity (Wildman–Crippen MR) is 71.3 cm³/mol. The molecule has 1 heterocycles. The van der Waals surface area contributed by atoms with Crippen molar-refractivity contribution >= 4 is 5.69 Å². The highest BCUT2D eigenvalue weighted by atomic mass is 16.5. The average molecular weight is 245 g/mol. The Morgan fingerprint density at radius 1 is 1.39 bits per heavy atom. The van der Waals surface area contributed by atoms with E-state index in [0.717, 1.165) is 24.3 Å². The molecule has 96 valence electrons. The van der Waals surface area contributed by atoms with Crippen molar-refractivity contribution in [1.82, 2.24) is 0 Å². The van der Waals surface area contributed by atoms with Gasteiger partial charge in [-0.15, -0.1) is 0 Å². The van der Waals surface area contributed by atoms with Crippen LogP contribution in [-0.4, -0.2) is 25.3 Å². The first-order valence-electron chi connectivity index (χ1n) is 6.27. The maximum atomic E-state index is 9.25.